The van der Waals surface area contributed by atoms with E-state index in [9.17, 15) is 24.0 Å². The molecule has 0 heterocycles. The zero-order valence-corrected chi connectivity index (χ0v) is 18.3. The predicted octanol–water partition coefficient (Wildman–Crippen LogP) is 1.22. The Balaban J connectivity index is 1.83. The van der Waals surface area contributed by atoms with Crippen LogP contribution in [0, 0.1) is 22.2 Å². The van der Waals surface area contributed by atoms with Gasteiger partial charge in [-0.05, 0) is 42.9 Å². The van der Waals surface area contributed by atoms with Crippen molar-refractivity contribution in [2.75, 3.05) is 28.4 Å². The van der Waals surface area contributed by atoms with Crippen LogP contribution in [0.4, 0.5) is 0 Å². The first-order valence-corrected chi connectivity index (χ1v) is 10.2. The minimum Gasteiger partial charge on any atom is -0.468 e. The van der Waals surface area contributed by atoms with Crippen LogP contribution in [-0.2, 0) is 42.9 Å². The lowest BCUT2D eigenvalue weighted by atomic mass is 9.67. The molecule has 1 spiro atoms. The first-order valence-electron chi connectivity index (χ1n) is 10.2. The van der Waals surface area contributed by atoms with Gasteiger partial charge in [0.2, 0.25) is 0 Å². The van der Waals surface area contributed by atoms with Crippen molar-refractivity contribution >= 4 is 29.7 Å². The van der Waals surface area contributed by atoms with Crippen molar-refractivity contribution < 1.29 is 42.9 Å². The van der Waals surface area contributed by atoms with Crippen molar-refractivity contribution in [3.05, 3.63) is 34.9 Å². The second kappa shape index (κ2) is 7.15. The van der Waals surface area contributed by atoms with E-state index in [0.717, 1.165) is 0 Å². The summed E-state index contributed by atoms with van der Waals surface area (Å²) in [4.78, 5) is 63.5. The zero-order chi connectivity index (χ0) is 23.5. The highest BCUT2D eigenvalue weighted by Crippen LogP contribution is 2.65. The highest BCUT2D eigenvalue weighted by Gasteiger charge is 2.67. The predicted molar refractivity (Wildman–Crippen MR) is 107 cm³/mol. The minimum atomic E-state index is -1.57. The van der Waals surface area contributed by atoms with E-state index in [1.54, 1.807) is 6.08 Å². The molecule has 0 aromatic heterocycles. The van der Waals surface area contributed by atoms with Crippen LogP contribution in [0.2, 0.25) is 0 Å². The number of hydrogen-bond donors (Lipinski definition) is 0. The van der Waals surface area contributed by atoms with E-state index in [4.69, 9.17) is 18.9 Å². The molecule has 2 atom stereocenters. The minimum absolute atomic E-state index is 0.000681. The van der Waals surface area contributed by atoms with Gasteiger partial charge in [-0.2, -0.15) is 0 Å². The molecule has 9 heteroatoms. The van der Waals surface area contributed by atoms with Crippen molar-refractivity contribution in [1.29, 1.82) is 0 Å². The van der Waals surface area contributed by atoms with E-state index in [1.165, 1.54) is 34.5 Å². The summed E-state index contributed by atoms with van der Waals surface area (Å²) >= 11 is 0. The molecule has 0 aliphatic heterocycles. The average Bonchev–Trinajstić information content (AvgIpc) is 3.41. The molecule has 9 nitrogen and oxygen atoms in total. The molecule has 2 saturated carbocycles. The van der Waals surface area contributed by atoms with Gasteiger partial charge >= 0.3 is 23.9 Å². The Morgan fingerprint density at radius 1 is 0.781 bits per heavy atom. The number of methoxy groups -OCH3 is 4. The molecule has 0 aromatic carbocycles. The number of rotatable bonds is 4. The van der Waals surface area contributed by atoms with E-state index >= 15 is 0 Å². The molecule has 0 amide bonds. The van der Waals surface area contributed by atoms with Crippen LogP contribution in [0.3, 0.4) is 0 Å². The molecular weight excluding hydrogens is 420 g/mol. The summed E-state index contributed by atoms with van der Waals surface area (Å²) in [5.74, 6) is -3.68. The van der Waals surface area contributed by atoms with Crippen molar-refractivity contribution in [2.45, 2.75) is 25.7 Å². The highest BCUT2D eigenvalue weighted by atomic mass is 16.6. The normalized spacial score (nSPS) is 28.3. The summed E-state index contributed by atoms with van der Waals surface area (Å²) in [6.07, 6.45) is 5.16. The maximum Gasteiger partial charge on any atom is 0.323 e. The molecule has 0 bridgehead atoms. The quantitative estimate of drug-likeness (QED) is 0.358. The standard InChI is InChI=1S/C23H24O9/c1-29-17(25)21(18(26)30-2)7-12-5-15-16(24)6-14-10-23(19(27)31-3,20(28)32-4)11-22(14,15)9-13(12)8-21/h5-6,9,15H,7-8,10-11H2,1-4H3. The molecule has 2 fully saturated rings. The fourth-order valence-corrected chi connectivity index (χ4v) is 5.93. The molecule has 2 unspecified atom stereocenters. The molecule has 0 saturated heterocycles. The molecule has 32 heavy (non-hydrogen) atoms. The van der Waals surface area contributed by atoms with Gasteiger partial charge in [0.15, 0.2) is 16.6 Å². The number of ketones is 1. The smallest absolute Gasteiger partial charge is 0.323 e. The first kappa shape index (κ1) is 22.0. The number of hydrogen-bond acceptors (Lipinski definition) is 9. The zero-order valence-electron chi connectivity index (χ0n) is 18.3. The van der Waals surface area contributed by atoms with Crippen LogP contribution >= 0.6 is 0 Å². The number of fused-ring (bicyclic) bond motifs is 1. The van der Waals surface area contributed by atoms with Crippen molar-refractivity contribution in [1.82, 2.24) is 0 Å². The topological polar surface area (TPSA) is 122 Å². The number of esters is 4. The monoisotopic (exact) mass is 444 g/mol. The third-order valence-corrected chi connectivity index (χ3v) is 7.36. The van der Waals surface area contributed by atoms with E-state index in [0.29, 0.717) is 16.7 Å². The second-order valence-corrected chi connectivity index (χ2v) is 8.79. The van der Waals surface area contributed by atoms with Crippen LogP contribution in [-0.4, -0.2) is 58.1 Å². The Bertz CT molecular complexity index is 1010. The summed E-state index contributed by atoms with van der Waals surface area (Å²) in [6.45, 7) is 0. The van der Waals surface area contributed by atoms with Crippen molar-refractivity contribution in [3.8, 4) is 0 Å². The van der Waals surface area contributed by atoms with Gasteiger partial charge in [0, 0.05) is 5.41 Å². The number of carbonyl (C=O) groups is 5. The summed E-state index contributed by atoms with van der Waals surface area (Å²) in [6, 6.07) is 0. The Kier molecular flexibility index (Phi) is 4.91. The molecule has 0 N–H and O–H groups in total. The Hall–Kier alpha value is -3.23. The lowest BCUT2D eigenvalue weighted by molar-refractivity contribution is -0.170. The van der Waals surface area contributed by atoms with Gasteiger partial charge in [0.1, 0.15) is 0 Å². The lowest BCUT2D eigenvalue weighted by Crippen LogP contribution is -2.41. The van der Waals surface area contributed by atoms with E-state index < -0.39 is 46.0 Å². The van der Waals surface area contributed by atoms with Gasteiger partial charge < -0.3 is 18.9 Å². The van der Waals surface area contributed by atoms with Crippen LogP contribution in [0.15, 0.2) is 34.9 Å². The summed E-state index contributed by atoms with van der Waals surface area (Å²) in [5, 5.41) is 0. The first-order chi connectivity index (χ1) is 15.1. The third-order valence-electron chi connectivity index (χ3n) is 7.36. The van der Waals surface area contributed by atoms with E-state index in [2.05, 4.69) is 0 Å². The number of ether oxygens (including phenoxy) is 4. The lowest BCUT2D eigenvalue weighted by Gasteiger charge is -2.34. The Labute approximate surface area is 184 Å². The van der Waals surface area contributed by atoms with Gasteiger partial charge in [-0.15, -0.1) is 0 Å². The van der Waals surface area contributed by atoms with Gasteiger partial charge in [-0.1, -0.05) is 17.7 Å². The summed E-state index contributed by atoms with van der Waals surface area (Å²) in [5.41, 5.74) is -2.02. The number of allylic oxidation sites excluding steroid dienone is 6. The highest BCUT2D eigenvalue weighted by molar-refractivity contribution is 6.06. The second-order valence-electron chi connectivity index (χ2n) is 8.79. The van der Waals surface area contributed by atoms with E-state index in [1.807, 2.05) is 6.08 Å². The molecule has 4 rings (SSSR count). The van der Waals surface area contributed by atoms with E-state index in [-0.39, 0.29) is 31.5 Å². The molecular formula is C23H24O9. The fraction of sp³-hybridized carbons (Fsp3) is 0.522. The van der Waals surface area contributed by atoms with Gasteiger partial charge in [0.25, 0.3) is 0 Å². The molecule has 4 aliphatic carbocycles. The molecule has 4 aliphatic rings. The molecule has 0 radical (unpaired) electrons. The third kappa shape index (κ3) is 2.59. The maximum atomic E-state index is 12.9. The molecule has 170 valence electrons. The van der Waals surface area contributed by atoms with Gasteiger partial charge in [-0.25, -0.2) is 0 Å². The van der Waals surface area contributed by atoms with Crippen LogP contribution < -0.4 is 0 Å². The Morgan fingerprint density at radius 3 is 1.81 bits per heavy atom. The largest absolute Gasteiger partial charge is 0.468 e. The van der Waals surface area contributed by atoms with Gasteiger partial charge in [0.05, 0.1) is 34.4 Å². The van der Waals surface area contributed by atoms with Crippen molar-refractivity contribution in [2.24, 2.45) is 22.2 Å². The number of carbonyl (C=O) groups excluding carboxylic acids is 5. The SMILES string of the molecule is COC(=O)C1(C(=O)OC)CC2=CC3C(=O)C=C4CC(C(=O)OC)(C(=O)OC)CC43C=C2C1. The summed E-state index contributed by atoms with van der Waals surface area (Å²) in [7, 11) is 4.80. The van der Waals surface area contributed by atoms with Crippen LogP contribution in [0.1, 0.15) is 25.7 Å². The fourth-order valence-electron chi connectivity index (χ4n) is 5.93. The molecule has 0 aromatic rings. The Morgan fingerprint density at radius 2 is 1.28 bits per heavy atom. The average molecular weight is 444 g/mol. The van der Waals surface area contributed by atoms with Crippen molar-refractivity contribution in [3.63, 3.8) is 0 Å². The van der Waals surface area contributed by atoms with Crippen LogP contribution in [0.5, 0.6) is 0 Å². The summed E-state index contributed by atoms with van der Waals surface area (Å²) < 4.78 is 19.7. The maximum absolute atomic E-state index is 12.9. The van der Waals surface area contributed by atoms with Gasteiger partial charge in [-0.3, -0.25) is 24.0 Å². The van der Waals surface area contributed by atoms with Crippen LogP contribution in [0.25, 0.3) is 0 Å².